The number of nitriles is 1. The second-order valence-corrected chi connectivity index (χ2v) is 4.13. The summed E-state index contributed by atoms with van der Waals surface area (Å²) in [6, 6.07) is 4.33. The third kappa shape index (κ3) is 2.93. The molecular formula is C11H14N4O3. The van der Waals surface area contributed by atoms with Crippen LogP contribution in [0.3, 0.4) is 0 Å². The first-order valence-electron chi connectivity index (χ1n) is 5.40. The number of pyridine rings is 1. The van der Waals surface area contributed by atoms with Crippen molar-refractivity contribution < 1.29 is 10.0 Å². The largest absolute Gasteiger partial charge is 0.394 e. The highest BCUT2D eigenvalue weighted by Crippen LogP contribution is 2.21. The molecule has 0 amide bonds. The molecule has 1 heterocycles. The molecule has 7 heteroatoms. The maximum absolute atomic E-state index is 10.6. The van der Waals surface area contributed by atoms with E-state index in [0.717, 1.165) is 0 Å². The first-order chi connectivity index (χ1) is 8.45. The Morgan fingerprint density at radius 3 is 2.78 bits per heavy atom. The SMILES string of the molecule is CCC(C)(CO)Nc1ccc([N+](=O)[O-])c(C#N)n1. The van der Waals surface area contributed by atoms with Gasteiger partial charge < -0.3 is 10.4 Å². The van der Waals surface area contributed by atoms with Gasteiger partial charge in [0, 0.05) is 6.07 Å². The fourth-order valence-electron chi connectivity index (χ4n) is 1.30. The molecular weight excluding hydrogens is 236 g/mol. The highest BCUT2D eigenvalue weighted by molar-refractivity contribution is 5.51. The van der Waals surface area contributed by atoms with Crippen molar-refractivity contribution in [1.82, 2.24) is 4.98 Å². The summed E-state index contributed by atoms with van der Waals surface area (Å²) < 4.78 is 0. The predicted octanol–water partition coefficient (Wildman–Crippen LogP) is 1.43. The van der Waals surface area contributed by atoms with E-state index in [1.807, 2.05) is 6.92 Å². The Labute approximate surface area is 104 Å². The lowest BCUT2D eigenvalue weighted by atomic mass is 10.0. The van der Waals surface area contributed by atoms with Crippen LogP contribution in [0.5, 0.6) is 0 Å². The van der Waals surface area contributed by atoms with E-state index in [9.17, 15) is 15.2 Å². The smallest absolute Gasteiger partial charge is 0.305 e. The molecule has 0 spiro atoms. The summed E-state index contributed by atoms with van der Waals surface area (Å²) in [5.74, 6) is 0.329. The van der Waals surface area contributed by atoms with Crippen LogP contribution in [0.4, 0.5) is 11.5 Å². The summed E-state index contributed by atoms with van der Waals surface area (Å²) in [5.41, 5.74) is -1.15. The molecule has 1 aromatic rings. The fourth-order valence-corrected chi connectivity index (χ4v) is 1.30. The quantitative estimate of drug-likeness (QED) is 0.604. The molecule has 0 fully saturated rings. The molecule has 0 radical (unpaired) electrons. The van der Waals surface area contributed by atoms with Crippen LogP contribution < -0.4 is 5.32 Å². The number of nitro groups is 1. The summed E-state index contributed by atoms with van der Waals surface area (Å²) in [7, 11) is 0. The van der Waals surface area contributed by atoms with Crippen LogP contribution in [-0.2, 0) is 0 Å². The van der Waals surface area contributed by atoms with Gasteiger partial charge in [0.25, 0.3) is 0 Å². The third-order valence-electron chi connectivity index (χ3n) is 2.74. The zero-order chi connectivity index (χ0) is 13.8. The minimum absolute atomic E-state index is 0.107. The Morgan fingerprint density at radius 1 is 1.67 bits per heavy atom. The van der Waals surface area contributed by atoms with E-state index in [4.69, 9.17) is 5.26 Å². The van der Waals surface area contributed by atoms with Gasteiger partial charge in [-0.1, -0.05) is 6.92 Å². The third-order valence-corrected chi connectivity index (χ3v) is 2.74. The lowest BCUT2D eigenvalue weighted by Gasteiger charge is -2.27. The van der Waals surface area contributed by atoms with Gasteiger partial charge in [0.15, 0.2) is 0 Å². The highest BCUT2D eigenvalue weighted by atomic mass is 16.6. The topological polar surface area (TPSA) is 112 Å². The molecule has 0 saturated carbocycles. The zero-order valence-corrected chi connectivity index (χ0v) is 10.2. The molecule has 1 unspecified atom stereocenters. The van der Waals surface area contributed by atoms with Gasteiger partial charge in [0.05, 0.1) is 17.1 Å². The van der Waals surface area contributed by atoms with E-state index in [0.29, 0.717) is 12.2 Å². The van der Waals surface area contributed by atoms with Gasteiger partial charge in [-0.3, -0.25) is 10.1 Å². The van der Waals surface area contributed by atoms with Crippen molar-refractivity contribution in [1.29, 1.82) is 5.26 Å². The van der Waals surface area contributed by atoms with Crippen LogP contribution in [0.15, 0.2) is 12.1 Å². The number of rotatable bonds is 5. The molecule has 0 bridgehead atoms. The average molecular weight is 250 g/mol. The van der Waals surface area contributed by atoms with Gasteiger partial charge in [0.2, 0.25) is 5.69 Å². The highest BCUT2D eigenvalue weighted by Gasteiger charge is 2.22. The number of nitrogens with zero attached hydrogens (tertiary/aromatic N) is 3. The summed E-state index contributed by atoms with van der Waals surface area (Å²) in [6.45, 7) is 3.58. The van der Waals surface area contributed by atoms with Crippen LogP contribution in [-0.4, -0.2) is 27.2 Å². The van der Waals surface area contributed by atoms with Crippen LogP contribution in [0.25, 0.3) is 0 Å². The van der Waals surface area contributed by atoms with E-state index in [1.165, 1.54) is 12.1 Å². The molecule has 1 rings (SSSR count). The molecule has 18 heavy (non-hydrogen) atoms. The zero-order valence-electron chi connectivity index (χ0n) is 10.2. The molecule has 0 aliphatic carbocycles. The molecule has 0 aliphatic rings. The molecule has 1 atom stereocenters. The van der Waals surface area contributed by atoms with E-state index in [2.05, 4.69) is 10.3 Å². The maximum Gasteiger partial charge on any atom is 0.305 e. The monoisotopic (exact) mass is 250 g/mol. The maximum atomic E-state index is 10.6. The lowest BCUT2D eigenvalue weighted by molar-refractivity contribution is -0.385. The normalized spacial score (nSPS) is 13.4. The van der Waals surface area contributed by atoms with E-state index in [1.54, 1.807) is 13.0 Å². The van der Waals surface area contributed by atoms with Gasteiger partial charge in [-0.25, -0.2) is 4.98 Å². The molecule has 0 aromatic carbocycles. The number of nitrogens with one attached hydrogen (secondary N) is 1. The van der Waals surface area contributed by atoms with E-state index >= 15 is 0 Å². The minimum atomic E-state index is -0.652. The number of aliphatic hydroxyl groups excluding tert-OH is 1. The van der Waals surface area contributed by atoms with Crippen molar-refractivity contribution in [3.05, 3.63) is 27.9 Å². The van der Waals surface area contributed by atoms with Crippen LogP contribution >= 0.6 is 0 Å². The Kier molecular flexibility index (Phi) is 4.18. The first kappa shape index (κ1) is 13.9. The van der Waals surface area contributed by atoms with Gasteiger partial charge in [-0.15, -0.1) is 0 Å². The summed E-state index contributed by atoms with van der Waals surface area (Å²) in [5, 5.41) is 31.7. The molecule has 7 nitrogen and oxygen atoms in total. The molecule has 1 aromatic heterocycles. The van der Waals surface area contributed by atoms with Crippen molar-refractivity contribution >= 4 is 11.5 Å². The lowest BCUT2D eigenvalue weighted by Crippen LogP contribution is -2.38. The number of hydrogen-bond donors (Lipinski definition) is 2. The van der Waals surface area contributed by atoms with E-state index in [-0.39, 0.29) is 18.0 Å². The van der Waals surface area contributed by atoms with Crippen molar-refractivity contribution in [2.75, 3.05) is 11.9 Å². The van der Waals surface area contributed by atoms with Crippen LogP contribution in [0.1, 0.15) is 26.0 Å². The first-order valence-corrected chi connectivity index (χ1v) is 5.40. The second kappa shape index (κ2) is 5.42. The Hall–Kier alpha value is -2.20. The van der Waals surface area contributed by atoms with Crippen molar-refractivity contribution in [3.8, 4) is 6.07 Å². The van der Waals surface area contributed by atoms with Crippen LogP contribution in [0, 0.1) is 21.4 Å². The summed E-state index contributed by atoms with van der Waals surface area (Å²) in [6.07, 6.45) is 0.643. The number of hydrogen-bond acceptors (Lipinski definition) is 6. The van der Waals surface area contributed by atoms with Crippen molar-refractivity contribution in [2.45, 2.75) is 25.8 Å². The number of aromatic nitrogens is 1. The van der Waals surface area contributed by atoms with Gasteiger partial charge in [-0.05, 0) is 19.4 Å². The summed E-state index contributed by atoms with van der Waals surface area (Å²) >= 11 is 0. The van der Waals surface area contributed by atoms with Gasteiger partial charge >= 0.3 is 5.69 Å². The Morgan fingerprint density at radius 2 is 2.33 bits per heavy atom. The van der Waals surface area contributed by atoms with Crippen LogP contribution in [0.2, 0.25) is 0 Å². The Balaban J connectivity index is 3.08. The van der Waals surface area contributed by atoms with Gasteiger partial charge in [-0.2, -0.15) is 5.26 Å². The Bertz CT molecular complexity index is 492. The molecule has 96 valence electrons. The molecule has 0 aliphatic heterocycles. The van der Waals surface area contributed by atoms with E-state index < -0.39 is 10.5 Å². The average Bonchev–Trinajstić information content (AvgIpc) is 2.38. The van der Waals surface area contributed by atoms with Crippen molar-refractivity contribution in [3.63, 3.8) is 0 Å². The predicted molar refractivity (Wildman–Crippen MR) is 65.0 cm³/mol. The number of aliphatic hydroxyl groups is 1. The minimum Gasteiger partial charge on any atom is -0.394 e. The molecule has 0 saturated heterocycles. The second-order valence-electron chi connectivity index (χ2n) is 4.13. The van der Waals surface area contributed by atoms with Crippen molar-refractivity contribution in [2.24, 2.45) is 0 Å². The van der Waals surface area contributed by atoms with Gasteiger partial charge in [0.1, 0.15) is 11.9 Å². The number of anilines is 1. The standard InChI is InChI=1S/C11H14N4O3/c1-3-11(2,7-16)14-10-5-4-9(15(17)18)8(6-12)13-10/h4-5,16H,3,7H2,1-2H3,(H,13,14). The molecule has 2 N–H and O–H groups in total. The fraction of sp³-hybridized carbons (Fsp3) is 0.455. The summed E-state index contributed by atoms with van der Waals surface area (Å²) in [4.78, 5) is 13.9.